The first-order valence-corrected chi connectivity index (χ1v) is 10.9. The molecule has 0 atom stereocenters. The van der Waals surface area contributed by atoms with E-state index in [4.69, 9.17) is 9.15 Å². The normalized spacial score (nSPS) is 13.7. The first kappa shape index (κ1) is 21.6. The highest BCUT2D eigenvalue weighted by Crippen LogP contribution is 2.31. The Morgan fingerprint density at radius 1 is 1.09 bits per heavy atom. The summed E-state index contributed by atoms with van der Waals surface area (Å²) in [7, 11) is 0. The molecule has 9 nitrogen and oxygen atoms in total. The number of morpholine rings is 1. The molecule has 1 N–H and O–H groups in total. The van der Waals surface area contributed by atoms with E-state index in [1.165, 1.54) is 6.07 Å². The summed E-state index contributed by atoms with van der Waals surface area (Å²) in [6, 6.07) is 17.5. The SMILES string of the molecule is Cc1ccc(-c2nc3ccccc3o2)cc1NC(=O)c1ccc(N2CCOCC2)c([N+](=O)[O-])c1. The van der Waals surface area contributed by atoms with Gasteiger partial charge in [0.05, 0.1) is 18.1 Å². The Hall–Kier alpha value is -4.24. The second kappa shape index (κ2) is 8.95. The molecule has 0 spiro atoms. The number of nitro groups is 1. The summed E-state index contributed by atoms with van der Waals surface area (Å²) >= 11 is 0. The second-order valence-corrected chi connectivity index (χ2v) is 8.03. The molecule has 2 heterocycles. The fraction of sp³-hybridized carbons (Fsp3) is 0.200. The molecule has 9 heteroatoms. The minimum atomic E-state index is -0.458. The number of ether oxygens (including phenoxy) is 1. The lowest BCUT2D eigenvalue weighted by molar-refractivity contribution is -0.384. The van der Waals surface area contributed by atoms with Gasteiger partial charge in [-0.2, -0.15) is 0 Å². The number of nitro benzene ring substituents is 1. The summed E-state index contributed by atoms with van der Waals surface area (Å²) in [5.41, 5.74) is 4.14. The molecular formula is C25H22N4O5. The van der Waals surface area contributed by atoms with Crippen LogP contribution in [-0.4, -0.2) is 42.1 Å². The van der Waals surface area contributed by atoms with E-state index in [1.807, 2.05) is 48.2 Å². The van der Waals surface area contributed by atoms with E-state index in [0.717, 1.165) is 11.1 Å². The molecule has 1 fully saturated rings. The third-order valence-electron chi connectivity index (χ3n) is 5.81. The van der Waals surface area contributed by atoms with Gasteiger partial charge in [0.1, 0.15) is 11.2 Å². The van der Waals surface area contributed by atoms with Gasteiger partial charge in [0.15, 0.2) is 5.58 Å². The number of aromatic nitrogens is 1. The van der Waals surface area contributed by atoms with Crippen LogP contribution in [0.3, 0.4) is 0 Å². The van der Waals surface area contributed by atoms with Gasteiger partial charge in [0, 0.05) is 36.0 Å². The smallest absolute Gasteiger partial charge is 0.293 e. The quantitative estimate of drug-likeness (QED) is 0.338. The summed E-state index contributed by atoms with van der Waals surface area (Å²) in [5, 5.41) is 14.6. The third kappa shape index (κ3) is 4.20. The van der Waals surface area contributed by atoms with Crippen molar-refractivity contribution in [3.8, 4) is 11.5 Å². The zero-order valence-electron chi connectivity index (χ0n) is 18.5. The zero-order chi connectivity index (χ0) is 23.7. The highest BCUT2D eigenvalue weighted by atomic mass is 16.6. The van der Waals surface area contributed by atoms with Gasteiger partial charge in [-0.3, -0.25) is 14.9 Å². The molecule has 1 saturated heterocycles. The molecule has 1 aliphatic rings. The number of carbonyl (C=O) groups excluding carboxylic acids is 1. The second-order valence-electron chi connectivity index (χ2n) is 8.03. The fourth-order valence-corrected chi connectivity index (χ4v) is 3.96. The summed E-state index contributed by atoms with van der Waals surface area (Å²) in [6.07, 6.45) is 0. The van der Waals surface area contributed by atoms with Crippen molar-refractivity contribution in [3.63, 3.8) is 0 Å². The lowest BCUT2D eigenvalue weighted by Crippen LogP contribution is -2.36. The number of amides is 1. The monoisotopic (exact) mass is 458 g/mol. The van der Waals surface area contributed by atoms with E-state index in [0.29, 0.717) is 54.7 Å². The Labute approximate surface area is 195 Å². The maximum Gasteiger partial charge on any atom is 0.293 e. The van der Waals surface area contributed by atoms with Crippen LogP contribution in [0.4, 0.5) is 17.1 Å². The minimum Gasteiger partial charge on any atom is -0.436 e. The summed E-state index contributed by atoms with van der Waals surface area (Å²) in [6.45, 7) is 4.02. The van der Waals surface area contributed by atoms with Crippen molar-refractivity contribution >= 4 is 34.1 Å². The van der Waals surface area contributed by atoms with Crippen molar-refractivity contribution in [1.29, 1.82) is 0 Å². The molecule has 1 aliphatic heterocycles. The average molecular weight is 458 g/mol. The number of nitrogens with one attached hydrogen (secondary N) is 1. The lowest BCUT2D eigenvalue weighted by atomic mass is 10.1. The van der Waals surface area contributed by atoms with Crippen LogP contribution in [0.2, 0.25) is 0 Å². The van der Waals surface area contributed by atoms with Gasteiger partial charge in [-0.15, -0.1) is 0 Å². The Morgan fingerprint density at radius 3 is 2.65 bits per heavy atom. The van der Waals surface area contributed by atoms with Crippen molar-refractivity contribution in [2.45, 2.75) is 6.92 Å². The fourth-order valence-electron chi connectivity index (χ4n) is 3.96. The van der Waals surface area contributed by atoms with Gasteiger partial charge in [-0.05, 0) is 48.9 Å². The number of oxazole rings is 1. The Kier molecular flexibility index (Phi) is 5.69. The number of rotatable bonds is 5. The van der Waals surface area contributed by atoms with Gasteiger partial charge in [-0.25, -0.2) is 4.98 Å². The largest absolute Gasteiger partial charge is 0.436 e. The van der Waals surface area contributed by atoms with Crippen LogP contribution in [0.1, 0.15) is 15.9 Å². The van der Waals surface area contributed by atoms with Gasteiger partial charge >= 0.3 is 0 Å². The Balaban J connectivity index is 1.42. The average Bonchev–Trinajstić information content (AvgIpc) is 3.30. The molecule has 3 aromatic carbocycles. The number of para-hydroxylation sites is 2. The Morgan fingerprint density at radius 2 is 1.88 bits per heavy atom. The van der Waals surface area contributed by atoms with Crippen LogP contribution in [0.5, 0.6) is 0 Å². The van der Waals surface area contributed by atoms with Gasteiger partial charge in [0.2, 0.25) is 5.89 Å². The van der Waals surface area contributed by atoms with Crippen LogP contribution < -0.4 is 10.2 Å². The maximum absolute atomic E-state index is 13.0. The van der Waals surface area contributed by atoms with Crippen molar-refractivity contribution < 1.29 is 18.9 Å². The molecule has 5 rings (SSSR count). The summed E-state index contributed by atoms with van der Waals surface area (Å²) in [5.74, 6) is 0.0108. The molecule has 0 bridgehead atoms. The predicted octanol–water partition coefficient (Wildman–Crippen LogP) is 4.80. The van der Waals surface area contributed by atoms with Crippen molar-refractivity contribution in [3.05, 3.63) is 81.9 Å². The molecule has 0 unspecified atom stereocenters. The highest BCUT2D eigenvalue weighted by molar-refractivity contribution is 6.05. The topological polar surface area (TPSA) is 111 Å². The van der Waals surface area contributed by atoms with E-state index >= 15 is 0 Å². The molecule has 0 aliphatic carbocycles. The summed E-state index contributed by atoms with van der Waals surface area (Å²) in [4.78, 5) is 30.7. The molecule has 172 valence electrons. The molecular weight excluding hydrogens is 436 g/mol. The van der Waals surface area contributed by atoms with E-state index < -0.39 is 10.8 Å². The number of hydrogen-bond acceptors (Lipinski definition) is 7. The molecule has 0 saturated carbocycles. The predicted molar refractivity (Wildman–Crippen MR) is 128 cm³/mol. The minimum absolute atomic E-state index is 0.105. The number of fused-ring (bicyclic) bond motifs is 1. The van der Waals surface area contributed by atoms with Crippen molar-refractivity contribution in [1.82, 2.24) is 4.98 Å². The van der Waals surface area contributed by atoms with Gasteiger partial charge < -0.3 is 19.4 Å². The molecule has 1 aromatic heterocycles. The first-order valence-electron chi connectivity index (χ1n) is 10.9. The number of nitrogens with zero attached hydrogens (tertiary/aromatic N) is 3. The number of benzene rings is 3. The van der Waals surface area contributed by atoms with Crippen LogP contribution >= 0.6 is 0 Å². The molecule has 0 radical (unpaired) electrons. The zero-order valence-corrected chi connectivity index (χ0v) is 18.5. The maximum atomic E-state index is 13.0. The third-order valence-corrected chi connectivity index (χ3v) is 5.81. The number of aryl methyl sites for hydroxylation is 1. The number of carbonyl (C=O) groups is 1. The Bertz CT molecular complexity index is 1360. The van der Waals surface area contributed by atoms with E-state index in [9.17, 15) is 14.9 Å². The van der Waals surface area contributed by atoms with Crippen molar-refractivity contribution in [2.75, 3.05) is 36.5 Å². The van der Waals surface area contributed by atoms with Crippen LogP contribution in [-0.2, 0) is 4.74 Å². The highest BCUT2D eigenvalue weighted by Gasteiger charge is 2.23. The molecule has 1 amide bonds. The van der Waals surface area contributed by atoms with Crippen LogP contribution in [0.25, 0.3) is 22.6 Å². The van der Waals surface area contributed by atoms with Crippen LogP contribution in [0, 0.1) is 17.0 Å². The number of hydrogen-bond donors (Lipinski definition) is 1. The molecule has 4 aromatic rings. The summed E-state index contributed by atoms with van der Waals surface area (Å²) < 4.78 is 11.2. The van der Waals surface area contributed by atoms with Crippen molar-refractivity contribution in [2.24, 2.45) is 0 Å². The van der Waals surface area contributed by atoms with Crippen LogP contribution in [0.15, 0.2) is 65.1 Å². The van der Waals surface area contributed by atoms with E-state index in [-0.39, 0.29) is 11.3 Å². The van der Waals surface area contributed by atoms with E-state index in [2.05, 4.69) is 10.3 Å². The lowest BCUT2D eigenvalue weighted by Gasteiger charge is -2.28. The number of anilines is 2. The van der Waals surface area contributed by atoms with E-state index in [1.54, 1.807) is 18.2 Å². The standard InChI is InChI=1S/C25H22N4O5/c1-16-6-7-18(25-27-19-4-2-3-5-23(19)34-25)14-20(16)26-24(30)17-8-9-21(22(15-17)29(31)32)28-10-12-33-13-11-28/h2-9,14-15H,10-13H2,1H3,(H,26,30). The first-order chi connectivity index (χ1) is 16.5. The molecule has 34 heavy (non-hydrogen) atoms. The van der Waals surface area contributed by atoms with Gasteiger partial charge in [0.25, 0.3) is 11.6 Å². The van der Waals surface area contributed by atoms with Gasteiger partial charge in [-0.1, -0.05) is 18.2 Å².